The number of hydrogen-bond donors (Lipinski definition) is 0. The van der Waals surface area contributed by atoms with E-state index < -0.39 is 5.60 Å². The van der Waals surface area contributed by atoms with Gasteiger partial charge < -0.3 is 9.64 Å². The van der Waals surface area contributed by atoms with Gasteiger partial charge in [-0.3, -0.25) is 0 Å². The van der Waals surface area contributed by atoms with E-state index in [-0.39, 0.29) is 11.6 Å². The van der Waals surface area contributed by atoms with Crippen LogP contribution in [-0.2, 0) is 4.74 Å². The van der Waals surface area contributed by atoms with Gasteiger partial charge in [-0.25, -0.2) is 4.79 Å². The molecule has 0 aromatic rings. The lowest BCUT2D eigenvalue weighted by atomic mass is 9.93. The maximum absolute atomic E-state index is 12.1. The van der Waals surface area contributed by atoms with E-state index in [1.165, 1.54) is 0 Å². The van der Waals surface area contributed by atoms with Gasteiger partial charge in [0, 0.05) is 12.1 Å². The second-order valence-electron chi connectivity index (χ2n) is 6.65. The van der Waals surface area contributed by atoms with Crippen molar-refractivity contribution in [1.29, 1.82) is 0 Å². The van der Waals surface area contributed by atoms with Gasteiger partial charge >= 0.3 is 6.09 Å². The number of nitrogens with zero attached hydrogens (tertiary/aromatic N) is 1. The van der Waals surface area contributed by atoms with Crippen molar-refractivity contribution in [2.24, 2.45) is 5.92 Å². The first kappa shape index (κ1) is 14.1. The minimum absolute atomic E-state index is 0.147. The third-order valence-electron chi connectivity index (χ3n) is 3.19. The number of carbonyl (C=O) groups is 1. The fourth-order valence-electron chi connectivity index (χ4n) is 2.21. The zero-order valence-electron chi connectivity index (χ0n) is 12.0. The Kier molecular flexibility index (Phi) is 3.60. The third kappa shape index (κ3) is 3.48. The maximum Gasteiger partial charge on any atom is 0.410 e. The average Bonchev–Trinajstić information content (AvgIpc) is 2.38. The highest BCUT2D eigenvalue weighted by molar-refractivity contribution is 5.69. The number of hydrogen-bond acceptors (Lipinski definition) is 2. The van der Waals surface area contributed by atoms with Crippen LogP contribution in [0, 0.1) is 5.92 Å². The molecule has 0 aliphatic carbocycles. The van der Waals surface area contributed by atoms with Crippen molar-refractivity contribution in [3.05, 3.63) is 12.2 Å². The molecule has 98 valence electrons. The van der Waals surface area contributed by atoms with Crippen LogP contribution in [0.2, 0.25) is 0 Å². The van der Waals surface area contributed by atoms with Crippen LogP contribution < -0.4 is 0 Å². The molecule has 1 amide bonds. The molecule has 1 saturated heterocycles. The lowest BCUT2D eigenvalue weighted by molar-refractivity contribution is 0.0132. The van der Waals surface area contributed by atoms with Gasteiger partial charge in [-0.15, -0.1) is 0 Å². The van der Waals surface area contributed by atoms with Crippen molar-refractivity contribution in [2.75, 3.05) is 6.54 Å². The van der Waals surface area contributed by atoms with Gasteiger partial charge in [0.15, 0.2) is 0 Å². The molecule has 3 nitrogen and oxygen atoms in total. The molecular formula is C14H25NO2. The maximum atomic E-state index is 12.1. The molecule has 1 heterocycles. The molecule has 0 bridgehead atoms. The van der Waals surface area contributed by atoms with Crippen molar-refractivity contribution in [3.63, 3.8) is 0 Å². The molecule has 1 unspecified atom stereocenters. The molecular weight excluding hydrogens is 214 g/mol. The fourth-order valence-corrected chi connectivity index (χ4v) is 2.21. The van der Waals surface area contributed by atoms with Crippen molar-refractivity contribution < 1.29 is 9.53 Å². The molecule has 1 aliphatic rings. The summed E-state index contributed by atoms with van der Waals surface area (Å²) in [7, 11) is 0. The molecule has 0 spiro atoms. The lowest BCUT2D eigenvalue weighted by Crippen LogP contribution is -2.45. The van der Waals surface area contributed by atoms with E-state index >= 15 is 0 Å². The van der Waals surface area contributed by atoms with E-state index in [9.17, 15) is 4.79 Å². The van der Waals surface area contributed by atoms with Gasteiger partial charge in [-0.2, -0.15) is 0 Å². The molecule has 0 aromatic heterocycles. The summed E-state index contributed by atoms with van der Waals surface area (Å²) >= 11 is 0. The minimum atomic E-state index is -0.436. The fraction of sp³-hybridized carbons (Fsp3) is 0.786. The van der Waals surface area contributed by atoms with Crippen LogP contribution >= 0.6 is 0 Å². The van der Waals surface area contributed by atoms with Crippen molar-refractivity contribution in [3.8, 4) is 0 Å². The van der Waals surface area contributed by atoms with Gasteiger partial charge in [0.2, 0.25) is 0 Å². The zero-order chi connectivity index (χ0) is 13.4. The molecule has 0 radical (unpaired) electrons. The van der Waals surface area contributed by atoms with Crippen LogP contribution in [0.15, 0.2) is 12.2 Å². The minimum Gasteiger partial charge on any atom is -0.444 e. The van der Waals surface area contributed by atoms with E-state index in [0.29, 0.717) is 5.92 Å². The Morgan fingerprint density at radius 2 is 1.94 bits per heavy atom. The first-order valence-corrected chi connectivity index (χ1v) is 6.19. The highest BCUT2D eigenvalue weighted by atomic mass is 16.6. The van der Waals surface area contributed by atoms with Crippen molar-refractivity contribution in [1.82, 2.24) is 4.90 Å². The third-order valence-corrected chi connectivity index (χ3v) is 3.19. The Morgan fingerprint density at radius 1 is 1.41 bits per heavy atom. The number of carbonyl (C=O) groups excluding carboxylic acids is 1. The van der Waals surface area contributed by atoms with Crippen LogP contribution in [0.4, 0.5) is 4.79 Å². The molecule has 1 fully saturated rings. The van der Waals surface area contributed by atoms with Crippen LogP contribution in [0.3, 0.4) is 0 Å². The van der Waals surface area contributed by atoms with Crippen LogP contribution in [0.5, 0.6) is 0 Å². The largest absolute Gasteiger partial charge is 0.444 e. The summed E-state index contributed by atoms with van der Waals surface area (Å²) < 4.78 is 5.44. The van der Waals surface area contributed by atoms with Gasteiger partial charge in [-0.1, -0.05) is 12.2 Å². The molecule has 0 aromatic carbocycles. The van der Waals surface area contributed by atoms with Gasteiger partial charge in [0.25, 0.3) is 0 Å². The molecule has 1 atom stereocenters. The Hall–Kier alpha value is -0.990. The first-order valence-electron chi connectivity index (χ1n) is 6.19. The standard InChI is InChI=1S/C14H25NO2/c1-10(2)11-8-14(6,7)15(9-11)12(16)17-13(3,4)5/h11H,1,8-9H2,2-7H3. The second kappa shape index (κ2) is 4.35. The second-order valence-corrected chi connectivity index (χ2v) is 6.65. The smallest absolute Gasteiger partial charge is 0.410 e. The highest BCUT2D eigenvalue weighted by Gasteiger charge is 2.42. The molecule has 17 heavy (non-hydrogen) atoms. The Morgan fingerprint density at radius 3 is 2.29 bits per heavy atom. The van der Waals surface area contributed by atoms with Gasteiger partial charge in [0.05, 0.1) is 0 Å². The topological polar surface area (TPSA) is 29.5 Å². The predicted octanol–water partition coefficient (Wildman–Crippen LogP) is 3.60. The summed E-state index contributed by atoms with van der Waals surface area (Å²) in [5, 5.41) is 0. The highest BCUT2D eigenvalue weighted by Crippen LogP contribution is 2.36. The average molecular weight is 239 g/mol. The van der Waals surface area contributed by atoms with E-state index in [2.05, 4.69) is 20.4 Å². The summed E-state index contributed by atoms with van der Waals surface area (Å²) in [4.78, 5) is 13.9. The van der Waals surface area contributed by atoms with Gasteiger partial charge in [0.1, 0.15) is 5.60 Å². The van der Waals surface area contributed by atoms with E-state index in [4.69, 9.17) is 4.74 Å². The SMILES string of the molecule is C=C(C)C1CN(C(=O)OC(C)(C)C)C(C)(C)C1. The number of ether oxygens (including phenoxy) is 1. The molecule has 0 saturated carbocycles. The monoisotopic (exact) mass is 239 g/mol. The summed E-state index contributed by atoms with van der Waals surface area (Å²) in [5.41, 5.74) is 0.560. The molecule has 1 aliphatic heterocycles. The normalized spacial score (nSPS) is 23.6. The Labute approximate surface area is 105 Å². The molecule has 1 rings (SSSR count). The summed E-state index contributed by atoms with van der Waals surface area (Å²) in [6.07, 6.45) is 0.743. The summed E-state index contributed by atoms with van der Waals surface area (Å²) in [5.74, 6) is 0.387. The molecule has 3 heteroatoms. The molecule has 0 N–H and O–H groups in total. The predicted molar refractivity (Wildman–Crippen MR) is 69.9 cm³/mol. The number of likely N-dealkylation sites (tertiary alicyclic amines) is 1. The van der Waals surface area contributed by atoms with E-state index in [0.717, 1.165) is 18.5 Å². The first-order chi connectivity index (χ1) is 7.53. The number of rotatable bonds is 1. The quantitative estimate of drug-likeness (QED) is 0.654. The van der Waals surface area contributed by atoms with E-state index in [1.54, 1.807) is 0 Å². The Balaban J connectivity index is 2.77. The zero-order valence-corrected chi connectivity index (χ0v) is 12.0. The van der Waals surface area contributed by atoms with Crippen LogP contribution in [0.25, 0.3) is 0 Å². The lowest BCUT2D eigenvalue weighted by Gasteiger charge is -2.33. The van der Waals surface area contributed by atoms with E-state index in [1.807, 2.05) is 32.6 Å². The van der Waals surface area contributed by atoms with Crippen molar-refractivity contribution >= 4 is 6.09 Å². The van der Waals surface area contributed by atoms with Gasteiger partial charge in [-0.05, 0) is 53.9 Å². The Bertz CT molecular complexity index is 326. The van der Waals surface area contributed by atoms with Crippen molar-refractivity contribution in [2.45, 2.75) is 59.1 Å². The van der Waals surface area contributed by atoms with Crippen LogP contribution in [0.1, 0.15) is 48.0 Å². The number of amides is 1. The summed E-state index contributed by atoms with van der Waals surface area (Å²) in [6, 6.07) is 0. The summed E-state index contributed by atoms with van der Waals surface area (Å²) in [6.45, 7) is 16.6. The van der Waals surface area contributed by atoms with Crippen LogP contribution in [-0.4, -0.2) is 28.7 Å².